The zero-order valence-electron chi connectivity index (χ0n) is 11.1. The second-order valence-corrected chi connectivity index (χ2v) is 5.66. The molecule has 0 aromatic carbocycles. The van der Waals surface area contributed by atoms with Gasteiger partial charge in [0.05, 0.1) is 6.10 Å². The molecule has 0 aromatic rings. The third-order valence-electron chi connectivity index (χ3n) is 5.26. The van der Waals surface area contributed by atoms with Gasteiger partial charge in [0, 0.05) is 18.6 Å². The highest BCUT2D eigenvalue weighted by Crippen LogP contribution is 2.48. The van der Waals surface area contributed by atoms with Crippen molar-refractivity contribution < 1.29 is 4.74 Å². The minimum Gasteiger partial charge on any atom is -0.381 e. The van der Waals surface area contributed by atoms with E-state index < -0.39 is 0 Å². The van der Waals surface area contributed by atoms with Crippen LogP contribution in [0.2, 0.25) is 0 Å². The lowest BCUT2D eigenvalue weighted by Gasteiger charge is -2.55. The van der Waals surface area contributed by atoms with E-state index in [0.29, 0.717) is 17.6 Å². The van der Waals surface area contributed by atoms with E-state index in [4.69, 9.17) is 4.74 Å². The van der Waals surface area contributed by atoms with Crippen molar-refractivity contribution in [3.05, 3.63) is 0 Å². The molecule has 16 heavy (non-hydrogen) atoms. The van der Waals surface area contributed by atoms with Crippen LogP contribution in [0.4, 0.5) is 0 Å². The molecule has 0 amide bonds. The van der Waals surface area contributed by atoms with Gasteiger partial charge < -0.3 is 10.1 Å². The fraction of sp³-hybridized carbons (Fsp3) is 1.00. The van der Waals surface area contributed by atoms with Gasteiger partial charge in [-0.3, -0.25) is 0 Å². The summed E-state index contributed by atoms with van der Waals surface area (Å²) in [7, 11) is 1.87. The number of methoxy groups -OCH3 is 1. The summed E-state index contributed by atoms with van der Waals surface area (Å²) in [5.74, 6) is 0.966. The van der Waals surface area contributed by atoms with Crippen molar-refractivity contribution in [3.63, 3.8) is 0 Å². The highest BCUT2D eigenvalue weighted by Gasteiger charge is 2.52. The number of rotatable bonds is 6. The van der Waals surface area contributed by atoms with Crippen LogP contribution in [0.5, 0.6) is 0 Å². The first-order valence-electron chi connectivity index (χ1n) is 7.03. The maximum Gasteiger partial charge on any atom is 0.0657 e. The van der Waals surface area contributed by atoms with E-state index in [1.165, 1.54) is 45.1 Å². The smallest absolute Gasteiger partial charge is 0.0657 e. The van der Waals surface area contributed by atoms with E-state index in [2.05, 4.69) is 19.2 Å². The van der Waals surface area contributed by atoms with Crippen molar-refractivity contribution in [2.75, 3.05) is 13.7 Å². The van der Waals surface area contributed by atoms with E-state index in [1.807, 2.05) is 7.11 Å². The van der Waals surface area contributed by atoms with Gasteiger partial charge in [-0.25, -0.2) is 0 Å². The van der Waals surface area contributed by atoms with E-state index in [9.17, 15) is 0 Å². The van der Waals surface area contributed by atoms with Crippen LogP contribution in [0, 0.1) is 11.3 Å². The van der Waals surface area contributed by atoms with Crippen LogP contribution in [-0.2, 0) is 4.74 Å². The fourth-order valence-corrected chi connectivity index (χ4v) is 3.57. The molecule has 2 aliphatic carbocycles. The minimum absolute atomic E-state index is 0.415. The summed E-state index contributed by atoms with van der Waals surface area (Å²) in [5, 5.41) is 3.80. The van der Waals surface area contributed by atoms with Crippen molar-refractivity contribution in [2.45, 2.75) is 64.5 Å². The highest BCUT2D eigenvalue weighted by atomic mass is 16.5. The average Bonchev–Trinajstić information content (AvgIpc) is 2.22. The first-order valence-corrected chi connectivity index (χ1v) is 7.03. The molecule has 0 bridgehead atoms. The summed E-state index contributed by atoms with van der Waals surface area (Å²) in [6.45, 7) is 5.86. The summed E-state index contributed by atoms with van der Waals surface area (Å²) in [5.41, 5.74) is 0.415. The van der Waals surface area contributed by atoms with Gasteiger partial charge in [-0.1, -0.05) is 20.3 Å². The standard InChI is InChI=1S/C14H27NO/c1-4-14(5-2)12(9-13(14)16-3)15-10-11-7-6-8-11/h11-13,15H,4-10H2,1-3H3. The van der Waals surface area contributed by atoms with Crippen molar-refractivity contribution in [2.24, 2.45) is 11.3 Å². The molecule has 2 unspecified atom stereocenters. The third-order valence-corrected chi connectivity index (χ3v) is 5.26. The summed E-state index contributed by atoms with van der Waals surface area (Å²) in [6.07, 6.45) is 8.52. The molecule has 0 spiro atoms. The van der Waals surface area contributed by atoms with Gasteiger partial charge in [0.15, 0.2) is 0 Å². The maximum absolute atomic E-state index is 5.62. The molecule has 2 fully saturated rings. The average molecular weight is 225 g/mol. The molecule has 0 heterocycles. The predicted molar refractivity (Wildman–Crippen MR) is 67.6 cm³/mol. The zero-order chi connectivity index (χ0) is 11.6. The van der Waals surface area contributed by atoms with Gasteiger partial charge in [0.1, 0.15) is 0 Å². The number of hydrogen-bond acceptors (Lipinski definition) is 2. The Hall–Kier alpha value is -0.0800. The van der Waals surface area contributed by atoms with E-state index in [-0.39, 0.29) is 0 Å². The van der Waals surface area contributed by atoms with Gasteiger partial charge in [-0.05, 0) is 44.6 Å². The number of hydrogen-bond donors (Lipinski definition) is 1. The van der Waals surface area contributed by atoms with Gasteiger partial charge >= 0.3 is 0 Å². The Labute approximate surface area is 100 Å². The van der Waals surface area contributed by atoms with Gasteiger partial charge in [0.2, 0.25) is 0 Å². The molecule has 2 rings (SSSR count). The van der Waals surface area contributed by atoms with Crippen LogP contribution < -0.4 is 5.32 Å². The number of ether oxygens (including phenoxy) is 1. The Morgan fingerprint density at radius 1 is 1.25 bits per heavy atom. The van der Waals surface area contributed by atoms with Crippen molar-refractivity contribution in [1.82, 2.24) is 5.32 Å². The van der Waals surface area contributed by atoms with E-state index in [0.717, 1.165) is 5.92 Å². The molecule has 2 saturated carbocycles. The van der Waals surface area contributed by atoms with Crippen molar-refractivity contribution in [1.29, 1.82) is 0 Å². The Kier molecular flexibility index (Phi) is 3.91. The molecule has 2 nitrogen and oxygen atoms in total. The maximum atomic E-state index is 5.62. The molecule has 0 aliphatic heterocycles. The number of nitrogens with one attached hydrogen (secondary N) is 1. The van der Waals surface area contributed by atoms with Crippen molar-refractivity contribution >= 4 is 0 Å². The fourth-order valence-electron chi connectivity index (χ4n) is 3.57. The molecular weight excluding hydrogens is 198 g/mol. The second-order valence-electron chi connectivity index (χ2n) is 5.66. The normalized spacial score (nSPS) is 33.2. The van der Waals surface area contributed by atoms with Gasteiger partial charge in [0.25, 0.3) is 0 Å². The molecule has 2 heteroatoms. The SMILES string of the molecule is CCC1(CC)C(NCC2CCC2)CC1OC. The monoisotopic (exact) mass is 225 g/mol. The van der Waals surface area contributed by atoms with Crippen LogP contribution in [0.1, 0.15) is 52.4 Å². The summed E-state index contributed by atoms with van der Waals surface area (Å²) in [4.78, 5) is 0. The van der Waals surface area contributed by atoms with Crippen LogP contribution in [0.3, 0.4) is 0 Å². The lowest BCUT2D eigenvalue weighted by Crippen LogP contribution is -2.63. The molecule has 94 valence electrons. The van der Waals surface area contributed by atoms with Gasteiger partial charge in [-0.2, -0.15) is 0 Å². The summed E-state index contributed by atoms with van der Waals surface area (Å²) < 4.78 is 5.62. The first-order chi connectivity index (χ1) is 7.76. The lowest BCUT2D eigenvalue weighted by atomic mass is 9.58. The van der Waals surface area contributed by atoms with Crippen molar-refractivity contribution in [3.8, 4) is 0 Å². The molecule has 2 atom stereocenters. The topological polar surface area (TPSA) is 21.3 Å². The molecule has 1 N–H and O–H groups in total. The lowest BCUT2D eigenvalue weighted by molar-refractivity contribution is -0.124. The Bertz CT molecular complexity index is 221. The third kappa shape index (κ3) is 1.91. The quantitative estimate of drug-likeness (QED) is 0.750. The van der Waals surface area contributed by atoms with Gasteiger partial charge in [-0.15, -0.1) is 0 Å². The van der Waals surface area contributed by atoms with E-state index in [1.54, 1.807) is 0 Å². The Balaban J connectivity index is 1.84. The molecule has 0 radical (unpaired) electrons. The minimum atomic E-state index is 0.415. The molecular formula is C14H27NO. The first kappa shape index (κ1) is 12.4. The second kappa shape index (κ2) is 5.05. The Morgan fingerprint density at radius 2 is 1.94 bits per heavy atom. The highest BCUT2D eigenvalue weighted by molar-refractivity contribution is 5.06. The van der Waals surface area contributed by atoms with E-state index >= 15 is 0 Å². The molecule has 2 aliphatic rings. The van der Waals surface area contributed by atoms with Crippen LogP contribution >= 0.6 is 0 Å². The predicted octanol–water partition coefficient (Wildman–Crippen LogP) is 2.97. The summed E-state index contributed by atoms with van der Waals surface area (Å²) in [6, 6.07) is 0.702. The molecule has 0 saturated heterocycles. The van der Waals surface area contributed by atoms with Crippen LogP contribution in [-0.4, -0.2) is 25.8 Å². The zero-order valence-corrected chi connectivity index (χ0v) is 11.1. The molecule has 0 aromatic heterocycles. The van der Waals surface area contributed by atoms with Crippen LogP contribution in [0.15, 0.2) is 0 Å². The summed E-state index contributed by atoms with van der Waals surface area (Å²) >= 11 is 0. The Morgan fingerprint density at radius 3 is 2.38 bits per heavy atom. The van der Waals surface area contributed by atoms with Crippen LogP contribution in [0.25, 0.3) is 0 Å². The largest absolute Gasteiger partial charge is 0.381 e.